The Kier molecular flexibility index (Phi) is 5.50. The summed E-state index contributed by atoms with van der Waals surface area (Å²) in [7, 11) is 0. The molecule has 1 radical (unpaired) electrons. The summed E-state index contributed by atoms with van der Waals surface area (Å²) in [6.45, 7) is 4.68. The molecule has 0 aliphatic heterocycles. The van der Waals surface area contributed by atoms with E-state index < -0.39 is 0 Å². The second-order valence-electron chi connectivity index (χ2n) is 4.64. The van der Waals surface area contributed by atoms with E-state index in [1.165, 1.54) is 57.8 Å². The molecule has 1 aliphatic carbocycles. The highest BCUT2D eigenvalue weighted by atomic mass is 14.3. The average molecular weight is 181 g/mol. The quantitative estimate of drug-likeness (QED) is 0.519. The fourth-order valence-corrected chi connectivity index (χ4v) is 2.45. The molecule has 1 saturated carbocycles. The zero-order chi connectivity index (χ0) is 9.52. The van der Waals surface area contributed by atoms with Crippen molar-refractivity contribution in [3.8, 4) is 0 Å². The van der Waals surface area contributed by atoms with E-state index in [2.05, 4.69) is 13.8 Å². The normalized spacial score (nSPS) is 18.7. The van der Waals surface area contributed by atoms with E-state index in [1.54, 1.807) is 5.92 Å². The molecule has 13 heavy (non-hydrogen) atoms. The second kappa shape index (κ2) is 6.45. The van der Waals surface area contributed by atoms with Crippen LogP contribution in [0.5, 0.6) is 0 Å². The molecule has 77 valence electrons. The van der Waals surface area contributed by atoms with Gasteiger partial charge in [-0.05, 0) is 31.1 Å². The minimum absolute atomic E-state index is 1.00. The fraction of sp³-hybridized carbons (Fsp3) is 0.923. The summed E-state index contributed by atoms with van der Waals surface area (Å²) < 4.78 is 0. The first-order chi connectivity index (χ1) is 6.34. The average Bonchev–Trinajstić information content (AvgIpc) is 2.65. The Balaban J connectivity index is 1.99. The van der Waals surface area contributed by atoms with Gasteiger partial charge < -0.3 is 0 Å². The van der Waals surface area contributed by atoms with Crippen molar-refractivity contribution in [1.29, 1.82) is 0 Å². The Labute approximate surface area is 84.1 Å². The molecule has 0 heterocycles. The lowest BCUT2D eigenvalue weighted by Gasteiger charge is -2.17. The molecule has 0 aromatic heterocycles. The van der Waals surface area contributed by atoms with Gasteiger partial charge in [-0.3, -0.25) is 0 Å². The van der Waals surface area contributed by atoms with E-state index >= 15 is 0 Å². The Morgan fingerprint density at radius 1 is 1.08 bits per heavy atom. The minimum atomic E-state index is 1.00. The van der Waals surface area contributed by atoms with Crippen molar-refractivity contribution in [3.05, 3.63) is 5.92 Å². The summed E-state index contributed by atoms with van der Waals surface area (Å²) in [5.74, 6) is 2.80. The van der Waals surface area contributed by atoms with Gasteiger partial charge in [0.15, 0.2) is 0 Å². The summed E-state index contributed by atoms with van der Waals surface area (Å²) in [6, 6.07) is 0. The van der Waals surface area contributed by atoms with E-state index in [1.807, 2.05) is 0 Å². The van der Waals surface area contributed by atoms with E-state index in [4.69, 9.17) is 0 Å². The third-order valence-electron chi connectivity index (χ3n) is 3.48. The van der Waals surface area contributed by atoms with Crippen LogP contribution in [0.1, 0.15) is 71.6 Å². The largest absolute Gasteiger partial charge is 0.0654 e. The molecule has 0 heteroatoms. The van der Waals surface area contributed by atoms with Crippen molar-refractivity contribution in [2.75, 3.05) is 0 Å². The molecular formula is C13H25. The molecule has 0 bridgehead atoms. The molecule has 1 rings (SSSR count). The number of rotatable bonds is 6. The lowest BCUT2D eigenvalue weighted by Crippen LogP contribution is -2.04. The maximum atomic E-state index is 2.39. The Hall–Kier alpha value is 0. The summed E-state index contributed by atoms with van der Waals surface area (Å²) in [4.78, 5) is 0. The molecule has 1 fully saturated rings. The van der Waals surface area contributed by atoms with Crippen molar-refractivity contribution in [2.24, 2.45) is 5.92 Å². The Morgan fingerprint density at radius 2 is 1.77 bits per heavy atom. The highest BCUT2D eigenvalue weighted by Gasteiger charge is 2.20. The van der Waals surface area contributed by atoms with Gasteiger partial charge >= 0.3 is 0 Å². The van der Waals surface area contributed by atoms with Crippen LogP contribution in [0.25, 0.3) is 0 Å². The van der Waals surface area contributed by atoms with Gasteiger partial charge in [0.05, 0.1) is 0 Å². The monoisotopic (exact) mass is 181 g/mol. The highest BCUT2D eigenvalue weighted by molar-refractivity contribution is 4.93. The third kappa shape index (κ3) is 4.15. The topological polar surface area (TPSA) is 0 Å². The van der Waals surface area contributed by atoms with Crippen LogP contribution in [-0.4, -0.2) is 0 Å². The summed E-state index contributed by atoms with van der Waals surface area (Å²) in [5.41, 5.74) is 0. The van der Waals surface area contributed by atoms with Gasteiger partial charge in [0.25, 0.3) is 0 Å². The molecule has 1 aliphatic rings. The molecule has 0 saturated heterocycles. The molecule has 0 amide bonds. The predicted molar refractivity (Wildman–Crippen MR) is 59.6 cm³/mol. The maximum absolute atomic E-state index is 2.39. The third-order valence-corrected chi connectivity index (χ3v) is 3.48. The molecule has 0 aromatic carbocycles. The Morgan fingerprint density at radius 3 is 2.38 bits per heavy atom. The Bertz CT molecular complexity index is 111. The molecule has 0 N–H and O–H groups in total. The van der Waals surface area contributed by atoms with Crippen LogP contribution in [0.15, 0.2) is 0 Å². The number of hydrogen-bond donors (Lipinski definition) is 0. The molecule has 0 spiro atoms. The molecule has 0 nitrogen and oxygen atoms in total. The maximum Gasteiger partial charge on any atom is -0.0241 e. The van der Waals surface area contributed by atoms with E-state index in [-0.39, 0.29) is 0 Å². The van der Waals surface area contributed by atoms with Crippen molar-refractivity contribution < 1.29 is 0 Å². The van der Waals surface area contributed by atoms with Gasteiger partial charge in [-0.1, -0.05) is 52.4 Å². The first-order valence-corrected chi connectivity index (χ1v) is 6.17. The highest BCUT2D eigenvalue weighted by Crippen LogP contribution is 2.34. The van der Waals surface area contributed by atoms with Gasteiger partial charge in [-0.2, -0.15) is 0 Å². The molecule has 0 unspecified atom stereocenters. The van der Waals surface area contributed by atoms with Gasteiger partial charge in [0.2, 0.25) is 0 Å². The summed E-state index contributed by atoms with van der Waals surface area (Å²) in [5, 5.41) is 0. The van der Waals surface area contributed by atoms with Crippen LogP contribution in [0.4, 0.5) is 0 Å². The smallest absolute Gasteiger partial charge is 0.0241 e. The van der Waals surface area contributed by atoms with Gasteiger partial charge in [-0.15, -0.1) is 0 Å². The second-order valence-corrected chi connectivity index (χ2v) is 4.64. The van der Waals surface area contributed by atoms with E-state index in [0.717, 1.165) is 5.92 Å². The van der Waals surface area contributed by atoms with Crippen molar-refractivity contribution >= 4 is 0 Å². The first kappa shape index (κ1) is 11.1. The fourth-order valence-electron chi connectivity index (χ4n) is 2.45. The van der Waals surface area contributed by atoms with E-state index in [0.29, 0.717) is 0 Å². The van der Waals surface area contributed by atoms with Crippen LogP contribution in [-0.2, 0) is 0 Å². The van der Waals surface area contributed by atoms with Crippen molar-refractivity contribution in [1.82, 2.24) is 0 Å². The lowest BCUT2D eigenvalue weighted by molar-refractivity contribution is 0.506. The van der Waals surface area contributed by atoms with Crippen molar-refractivity contribution in [2.45, 2.75) is 71.6 Å². The summed E-state index contributed by atoms with van der Waals surface area (Å²) in [6.07, 6.45) is 13.0. The van der Waals surface area contributed by atoms with Crippen LogP contribution < -0.4 is 0 Å². The zero-order valence-corrected chi connectivity index (χ0v) is 9.44. The van der Waals surface area contributed by atoms with Crippen LogP contribution >= 0.6 is 0 Å². The standard InChI is InChI=1S/C13H25/c1-3-4-5-6-9-12(2)13-10-7-8-11-13/h13H,3-11H2,1-2H3. The number of unbranched alkanes of at least 4 members (excludes halogenated alkanes) is 3. The zero-order valence-electron chi connectivity index (χ0n) is 9.44. The van der Waals surface area contributed by atoms with Crippen LogP contribution in [0.2, 0.25) is 0 Å². The van der Waals surface area contributed by atoms with Crippen LogP contribution in [0.3, 0.4) is 0 Å². The van der Waals surface area contributed by atoms with Crippen LogP contribution in [0, 0.1) is 11.8 Å². The molecule has 0 aromatic rings. The van der Waals surface area contributed by atoms with Gasteiger partial charge in [0.1, 0.15) is 0 Å². The number of hydrogen-bond acceptors (Lipinski definition) is 0. The first-order valence-electron chi connectivity index (χ1n) is 6.17. The van der Waals surface area contributed by atoms with Crippen molar-refractivity contribution in [3.63, 3.8) is 0 Å². The van der Waals surface area contributed by atoms with E-state index in [9.17, 15) is 0 Å². The van der Waals surface area contributed by atoms with Gasteiger partial charge in [-0.25, -0.2) is 0 Å². The predicted octanol–water partition coefficient (Wildman–Crippen LogP) is 4.74. The van der Waals surface area contributed by atoms with Gasteiger partial charge in [0, 0.05) is 0 Å². The SMILES string of the molecule is CCCCCC[C](C)C1CCCC1. The summed E-state index contributed by atoms with van der Waals surface area (Å²) >= 11 is 0. The molecule has 0 atom stereocenters. The molecular weight excluding hydrogens is 156 g/mol. The minimum Gasteiger partial charge on any atom is -0.0654 e. The lowest BCUT2D eigenvalue weighted by atomic mass is 9.88.